The zero-order chi connectivity index (χ0) is 21.7. The fourth-order valence-corrected chi connectivity index (χ4v) is 6.28. The van der Waals surface area contributed by atoms with Crippen LogP contribution in [-0.2, 0) is 37.3 Å². The molecular weight excluding hydrogens is 422 g/mol. The van der Waals surface area contributed by atoms with Gasteiger partial charge in [0, 0.05) is 34.7 Å². The average molecular weight is 448 g/mol. The first kappa shape index (κ1) is 19.7. The number of hydrogen-bond donors (Lipinski definition) is 3. The Labute approximate surface area is 189 Å². The van der Waals surface area contributed by atoms with Crippen LogP contribution in [-0.4, -0.2) is 15.5 Å². The number of carbonyl (C=O) groups excluding carboxylic acids is 1. The largest absolute Gasteiger partial charge is 0.359 e. The minimum absolute atomic E-state index is 0.0778. The monoisotopic (exact) mass is 447 g/mol. The molecule has 2 aromatic heterocycles. The number of aryl methyl sites for hydroxylation is 2. The lowest BCUT2D eigenvalue weighted by atomic mass is 10.1. The average Bonchev–Trinajstić information content (AvgIpc) is 3.57. The molecule has 7 nitrogen and oxygen atoms in total. The predicted octanol–water partition coefficient (Wildman–Crippen LogP) is 2.81. The molecule has 3 N–H and O–H groups in total. The van der Waals surface area contributed by atoms with Gasteiger partial charge >= 0.3 is 0 Å². The molecule has 2 atom stereocenters. The molecule has 1 amide bonds. The van der Waals surface area contributed by atoms with Crippen LogP contribution >= 0.6 is 11.3 Å². The summed E-state index contributed by atoms with van der Waals surface area (Å²) in [7, 11) is 0. The Morgan fingerprint density at radius 1 is 1.19 bits per heavy atom. The molecule has 0 saturated heterocycles. The predicted molar refractivity (Wildman–Crippen MR) is 124 cm³/mol. The minimum atomic E-state index is -0.481. The zero-order valence-electron chi connectivity index (χ0n) is 17.7. The van der Waals surface area contributed by atoms with Gasteiger partial charge in [0.25, 0.3) is 5.56 Å². The van der Waals surface area contributed by atoms with Crippen LogP contribution in [0.3, 0.4) is 0 Å². The number of nitrogens with one attached hydrogen (secondary N) is 3. The van der Waals surface area contributed by atoms with Gasteiger partial charge in [-0.3, -0.25) is 14.2 Å². The first-order valence-electron chi connectivity index (χ1n) is 11.2. The van der Waals surface area contributed by atoms with E-state index >= 15 is 0 Å². The van der Waals surface area contributed by atoms with Crippen LogP contribution in [0.5, 0.6) is 0 Å². The van der Waals surface area contributed by atoms with Gasteiger partial charge in [-0.15, -0.1) is 11.3 Å². The smallest absolute Gasteiger partial charge is 0.294 e. The van der Waals surface area contributed by atoms with Crippen molar-refractivity contribution in [1.29, 1.82) is 0 Å². The van der Waals surface area contributed by atoms with Gasteiger partial charge in [-0.25, -0.2) is 4.98 Å². The lowest BCUT2D eigenvalue weighted by molar-refractivity contribution is -0.124. The van der Waals surface area contributed by atoms with Crippen molar-refractivity contribution in [3.63, 3.8) is 0 Å². The van der Waals surface area contributed by atoms with Gasteiger partial charge < -0.3 is 16.0 Å². The topological polar surface area (TPSA) is 88.1 Å². The molecule has 0 radical (unpaired) electrons. The van der Waals surface area contributed by atoms with Crippen LogP contribution in [0.2, 0.25) is 0 Å². The van der Waals surface area contributed by atoms with Gasteiger partial charge in [-0.1, -0.05) is 24.3 Å². The number of thiophene rings is 1. The SMILES string of the molecule is O=C(NCc1cc2c(s1)CNC2)[C@@H]1CCc2cnc(NC3CCc4ccccc43)c(=O)n21. The second-order valence-corrected chi connectivity index (χ2v) is 9.97. The molecule has 1 aromatic carbocycles. The van der Waals surface area contributed by atoms with Gasteiger partial charge in [0.15, 0.2) is 5.82 Å². The fraction of sp³-hybridized carbons (Fsp3) is 0.375. The maximum absolute atomic E-state index is 13.3. The Kier molecular flexibility index (Phi) is 4.84. The van der Waals surface area contributed by atoms with Crippen LogP contribution < -0.4 is 21.5 Å². The van der Waals surface area contributed by atoms with Crippen molar-refractivity contribution in [2.75, 3.05) is 5.32 Å². The highest BCUT2D eigenvalue weighted by atomic mass is 32.1. The first-order valence-corrected chi connectivity index (χ1v) is 12.0. The molecule has 6 rings (SSSR count). The van der Waals surface area contributed by atoms with Crippen LogP contribution in [0.1, 0.15) is 57.1 Å². The zero-order valence-corrected chi connectivity index (χ0v) is 18.5. The van der Waals surface area contributed by atoms with E-state index in [1.165, 1.54) is 21.6 Å². The summed E-state index contributed by atoms with van der Waals surface area (Å²) >= 11 is 1.74. The van der Waals surface area contributed by atoms with Crippen molar-refractivity contribution in [2.45, 2.75) is 57.4 Å². The molecule has 1 aliphatic carbocycles. The van der Waals surface area contributed by atoms with Crippen LogP contribution in [0.4, 0.5) is 5.82 Å². The van der Waals surface area contributed by atoms with Crippen LogP contribution in [0, 0.1) is 0 Å². The molecule has 1 unspecified atom stereocenters. The molecule has 3 aromatic rings. The number of rotatable bonds is 5. The Balaban J connectivity index is 1.19. The molecule has 0 fully saturated rings. The molecule has 0 spiro atoms. The first-order chi connectivity index (χ1) is 15.7. The number of fused-ring (bicyclic) bond motifs is 3. The molecule has 2 aliphatic heterocycles. The van der Waals surface area contributed by atoms with Crippen LogP contribution in [0.15, 0.2) is 41.3 Å². The second kappa shape index (κ2) is 7.86. The molecule has 164 valence electrons. The van der Waals surface area contributed by atoms with E-state index < -0.39 is 6.04 Å². The number of benzene rings is 1. The highest BCUT2D eigenvalue weighted by Crippen LogP contribution is 2.33. The summed E-state index contributed by atoms with van der Waals surface area (Å²) in [5.74, 6) is 0.234. The van der Waals surface area contributed by atoms with Gasteiger partial charge in [0.05, 0.1) is 12.6 Å². The number of nitrogens with zero attached hydrogens (tertiary/aromatic N) is 2. The van der Waals surface area contributed by atoms with E-state index in [0.29, 0.717) is 25.2 Å². The summed E-state index contributed by atoms with van der Waals surface area (Å²) in [4.78, 5) is 33.2. The summed E-state index contributed by atoms with van der Waals surface area (Å²) in [5.41, 5.74) is 4.50. The summed E-state index contributed by atoms with van der Waals surface area (Å²) in [6.45, 7) is 2.32. The van der Waals surface area contributed by atoms with E-state index in [1.807, 2.05) is 12.1 Å². The quantitative estimate of drug-likeness (QED) is 0.560. The third-order valence-electron chi connectivity index (χ3n) is 6.79. The van der Waals surface area contributed by atoms with Gasteiger partial charge in [-0.2, -0.15) is 0 Å². The van der Waals surface area contributed by atoms with E-state index in [4.69, 9.17) is 0 Å². The van der Waals surface area contributed by atoms with Crippen molar-refractivity contribution >= 4 is 23.1 Å². The van der Waals surface area contributed by atoms with Crippen molar-refractivity contribution in [3.8, 4) is 0 Å². The highest BCUT2D eigenvalue weighted by molar-refractivity contribution is 7.12. The Morgan fingerprint density at radius 3 is 3.00 bits per heavy atom. The molecule has 0 saturated carbocycles. The van der Waals surface area contributed by atoms with E-state index in [2.05, 4.69) is 39.1 Å². The van der Waals surface area contributed by atoms with Gasteiger partial charge in [0.1, 0.15) is 6.04 Å². The summed E-state index contributed by atoms with van der Waals surface area (Å²) in [6.07, 6.45) is 4.99. The standard InChI is InChI=1S/C24H25N5O2S/c30-23(27-12-17-9-15-10-25-13-21(15)32-17)20-8-6-16-11-26-22(24(31)29(16)20)28-19-7-5-14-3-1-2-4-18(14)19/h1-4,9,11,19-20,25H,5-8,10,12-13H2,(H,26,28)(H,27,30)/t19?,20-/m0/s1. The fourth-order valence-electron chi connectivity index (χ4n) is 5.18. The van der Waals surface area contributed by atoms with Gasteiger partial charge in [-0.05, 0) is 48.4 Å². The summed E-state index contributed by atoms with van der Waals surface area (Å²) in [5, 5.41) is 9.74. The number of aromatic nitrogens is 2. The molecule has 3 aliphatic rings. The Morgan fingerprint density at radius 2 is 2.09 bits per heavy atom. The lowest BCUT2D eigenvalue weighted by Crippen LogP contribution is -2.36. The third-order valence-corrected chi connectivity index (χ3v) is 7.97. The van der Waals surface area contributed by atoms with E-state index in [1.54, 1.807) is 22.1 Å². The van der Waals surface area contributed by atoms with E-state index in [0.717, 1.165) is 36.5 Å². The molecule has 4 heterocycles. The molecule has 0 bridgehead atoms. The Bertz CT molecular complexity index is 1240. The number of amides is 1. The number of anilines is 1. The van der Waals surface area contributed by atoms with E-state index in [-0.39, 0.29) is 17.5 Å². The minimum Gasteiger partial charge on any atom is -0.359 e. The lowest BCUT2D eigenvalue weighted by Gasteiger charge is -2.18. The van der Waals surface area contributed by atoms with Crippen LogP contribution in [0.25, 0.3) is 0 Å². The van der Waals surface area contributed by atoms with Crippen molar-refractivity contribution < 1.29 is 4.79 Å². The number of carbonyl (C=O) groups is 1. The van der Waals surface area contributed by atoms with E-state index in [9.17, 15) is 9.59 Å². The normalized spacial score (nSPS) is 20.6. The van der Waals surface area contributed by atoms with Crippen molar-refractivity contribution in [1.82, 2.24) is 20.2 Å². The molecule has 8 heteroatoms. The molecule has 32 heavy (non-hydrogen) atoms. The maximum atomic E-state index is 13.3. The third kappa shape index (κ3) is 3.34. The second-order valence-electron chi connectivity index (χ2n) is 8.74. The summed E-state index contributed by atoms with van der Waals surface area (Å²) in [6, 6.07) is 10.1. The highest BCUT2D eigenvalue weighted by Gasteiger charge is 2.31. The Hall–Kier alpha value is -2.97. The van der Waals surface area contributed by atoms with Crippen molar-refractivity contribution in [2.24, 2.45) is 0 Å². The summed E-state index contributed by atoms with van der Waals surface area (Å²) < 4.78 is 1.64. The number of hydrogen-bond acceptors (Lipinski definition) is 6. The van der Waals surface area contributed by atoms with Crippen molar-refractivity contribution in [3.05, 3.63) is 79.0 Å². The molecular formula is C24H25N5O2S. The maximum Gasteiger partial charge on any atom is 0.294 e. The van der Waals surface area contributed by atoms with Gasteiger partial charge in [0.2, 0.25) is 5.91 Å².